The predicted molar refractivity (Wildman–Crippen MR) is 78.2 cm³/mol. The van der Waals surface area contributed by atoms with Gasteiger partial charge in [-0.1, -0.05) is 37.3 Å². The SMILES string of the molecule is CCC1NC(=O)CN(C(C)CCc2ccccc2)C1=O. The Hall–Kier alpha value is -1.84. The Labute approximate surface area is 120 Å². The van der Waals surface area contributed by atoms with Gasteiger partial charge in [0.25, 0.3) is 0 Å². The Kier molecular flexibility index (Phi) is 4.77. The van der Waals surface area contributed by atoms with Crippen LogP contribution in [0.3, 0.4) is 0 Å². The molecule has 0 bridgehead atoms. The van der Waals surface area contributed by atoms with E-state index in [0.717, 1.165) is 12.8 Å². The summed E-state index contributed by atoms with van der Waals surface area (Å²) >= 11 is 0. The number of amides is 2. The number of nitrogens with one attached hydrogen (secondary N) is 1. The summed E-state index contributed by atoms with van der Waals surface area (Å²) in [5.74, 6) is -0.00401. The van der Waals surface area contributed by atoms with Crippen LogP contribution in [0.4, 0.5) is 0 Å². The Balaban J connectivity index is 1.95. The van der Waals surface area contributed by atoms with Gasteiger partial charge in [-0.15, -0.1) is 0 Å². The van der Waals surface area contributed by atoms with E-state index in [2.05, 4.69) is 17.4 Å². The van der Waals surface area contributed by atoms with Crippen LogP contribution in [0.25, 0.3) is 0 Å². The van der Waals surface area contributed by atoms with Gasteiger partial charge in [0.05, 0.1) is 6.54 Å². The van der Waals surface area contributed by atoms with E-state index in [1.807, 2.05) is 32.0 Å². The lowest BCUT2D eigenvalue weighted by Gasteiger charge is -2.36. The molecule has 4 nitrogen and oxygen atoms in total. The van der Waals surface area contributed by atoms with Crippen LogP contribution in [-0.2, 0) is 16.0 Å². The Morgan fingerprint density at radius 2 is 2.00 bits per heavy atom. The van der Waals surface area contributed by atoms with Crippen LogP contribution in [0, 0.1) is 0 Å². The largest absolute Gasteiger partial charge is 0.343 e. The molecule has 1 fully saturated rings. The number of carbonyl (C=O) groups is 2. The summed E-state index contributed by atoms with van der Waals surface area (Å²) in [6.45, 7) is 4.12. The number of hydrogen-bond acceptors (Lipinski definition) is 2. The van der Waals surface area contributed by atoms with Gasteiger partial charge in [0.15, 0.2) is 0 Å². The standard InChI is InChI=1S/C16H22N2O2/c1-3-14-16(20)18(11-15(19)17-14)12(2)9-10-13-7-5-4-6-8-13/h4-8,12,14H,3,9-11H2,1-2H3,(H,17,19). The molecule has 0 radical (unpaired) electrons. The van der Waals surface area contributed by atoms with E-state index in [1.165, 1.54) is 5.56 Å². The lowest BCUT2D eigenvalue weighted by molar-refractivity contribution is -0.146. The lowest BCUT2D eigenvalue weighted by atomic mass is 10.0. The first-order valence-electron chi connectivity index (χ1n) is 7.25. The molecule has 1 N–H and O–H groups in total. The Morgan fingerprint density at radius 1 is 1.30 bits per heavy atom. The number of hydrogen-bond donors (Lipinski definition) is 1. The van der Waals surface area contributed by atoms with E-state index in [1.54, 1.807) is 4.90 Å². The Morgan fingerprint density at radius 3 is 2.65 bits per heavy atom. The summed E-state index contributed by atoms with van der Waals surface area (Å²) in [7, 11) is 0. The maximum atomic E-state index is 12.3. The number of piperazine rings is 1. The minimum Gasteiger partial charge on any atom is -0.343 e. The highest BCUT2D eigenvalue weighted by Gasteiger charge is 2.33. The van der Waals surface area contributed by atoms with Crippen molar-refractivity contribution < 1.29 is 9.59 Å². The first-order chi connectivity index (χ1) is 9.61. The quantitative estimate of drug-likeness (QED) is 0.889. The molecule has 2 unspecified atom stereocenters. The van der Waals surface area contributed by atoms with Crippen molar-refractivity contribution in [1.29, 1.82) is 0 Å². The first kappa shape index (κ1) is 14.6. The number of benzene rings is 1. The molecular formula is C16H22N2O2. The van der Waals surface area contributed by atoms with E-state index in [0.29, 0.717) is 6.42 Å². The summed E-state index contributed by atoms with van der Waals surface area (Å²) in [6.07, 6.45) is 2.44. The molecule has 0 spiro atoms. The van der Waals surface area contributed by atoms with Gasteiger partial charge in [-0.2, -0.15) is 0 Å². The first-order valence-corrected chi connectivity index (χ1v) is 7.25. The maximum Gasteiger partial charge on any atom is 0.245 e. The maximum absolute atomic E-state index is 12.3. The molecule has 1 aliphatic rings. The molecule has 0 saturated carbocycles. The molecule has 20 heavy (non-hydrogen) atoms. The summed E-state index contributed by atoms with van der Waals surface area (Å²) in [6, 6.07) is 9.95. The van der Waals surface area contributed by atoms with Gasteiger partial charge in [0.1, 0.15) is 6.04 Å². The fourth-order valence-electron chi connectivity index (χ4n) is 2.56. The predicted octanol–water partition coefficient (Wildman–Crippen LogP) is 1.74. The van der Waals surface area contributed by atoms with Crippen molar-refractivity contribution in [2.45, 2.75) is 45.2 Å². The van der Waals surface area contributed by atoms with E-state index < -0.39 is 0 Å². The van der Waals surface area contributed by atoms with Gasteiger partial charge < -0.3 is 10.2 Å². The zero-order chi connectivity index (χ0) is 14.5. The molecule has 0 aliphatic carbocycles. The molecule has 2 rings (SSSR count). The second-order valence-electron chi connectivity index (χ2n) is 5.37. The van der Waals surface area contributed by atoms with Gasteiger partial charge in [0.2, 0.25) is 11.8 Å². The Bertz CT molecular complexity index is 473. The highest BCUT2D eigenvalue weighted by atomic mass is 16.2. The van der Waals surface area contributed by atoms with Crippen molar-refractivity contribution in [2.75, 3.05) is 6.54 Å². The van der Waals surface area contributed by atoms with Gasteiger partial charge in [-0.3, -0.25) is 9.59 Å². The van der Waals surface area contributed by atoms with Crippen molar-refractivity contribution in [2.24, 2.45) is 0 Å². The molecule has 1 saturated heterocycles. The molecule has 2 amide bonds. The number of aryl methyl sites for hydroxylation is 1. The molecule has 1 aliphatic heterocycles. The molecule has 1 aromatic rings. The average molecular weight is 274 g/mol. The normalized spacial score (nSPS) is 20.7. The van der Waals surface area contributed by atoms with Crippen LogP contribution in [-0.4, -0.2) is 35.3 Å². The molecule has 0 aromatic heterocycles. The van der Waals surface area contributed by atoms with Crippen LogP contribution >= 0.6 is 0 Å². The summed E-state index contributed by atoms with van der Waals surface area (Å²) < 4.78 is 0. The fraction of sp³-hybridized carbons (Fsp3) is 0.500. The van der Waals surface area contributed by atoms with Gasteiger partial charge in [-0.25, -0.2) is 0 Å². The van der Waals surface area contributed by atoms with Gasteiger partial charge >= 0.3 is 0 Å². The molecule has 1 heterocycles. The zero-order valence-electron chi connectivity index (χ0n) is 12.1. The number of nitrogens with zero attached hydrogens (tertiary/aromatic N) is 1. The van der Waals surface area contributed by atoms with E-state index in [4.69, 9.17) is 0 Å². The van der Waals surface area contributed by atoms with E-state index >= 15 is 0 Å². The summed E-state index contributed by atoms with van der Waals surface area (Å²) in [5, 5.41) is 2.74. The van der Waals surface area contributed by atoms with E-state index in [-0.39, 0.29) is 30.4 Å². The smallest absolute Gasteiger partial charge is 0.245 e. The van der Waals surface area contributed by atoms with Gasteiger partial charge in [0, 0.05) is 6.04 Å². The van der Waals surface area contributed by atoms with Crippen molar-refractivity contribution in [3.8, 4) is 0 Å². The zero-order valence-corrected chi connectivity index (χ0v) is 12.1. The fourth-order valence-corrected chi connectivity index (χ4v) is 2.56. The van der Waals surface area contributed by atoms with Crippen LogP contribution in [0.2, 0.25) is 0 Å². The van der Waals surface area contributed by atoms with Crippen molar-refractivity contribution in [3.05, 3.63) is 35.9 Å². The third-order valence-corrected chi connectivity index (χ3v) is 3.86. The van der Waals surface area contributed by atoms with Crippen molar-refractivity contribution in [3.63, 3.8) is 0 Å². The molecule has 108 valence electrons. The van der Waals surface area contributed by atoms with Crippen molar-refractivity contribution in [1.82, 2.24) is 10.2 Å². The third kappa shape index (κ3) is 3.38. The number of rotatable bonds is 5. The van der Waals surface area contributed by atoms with Crippen LogP contribution in [0.5, 0.6) is 0 Å². The summed E-state index contributed by atoms with van der Waals surface area (Å²) in [5.41, 5.74) is 1.26. The molecule has 4 heteroatoms. The van der Waals surface area contributed by atoms with Crippen LogP contribution in [0.1, 0.15) is 32.3 Å². The molecule has 2 atom stereocenters. The topological polar surface area (TPSA) is 49.4 Å². The van der Waals surface area contributed by atoms with Crippen LogP contribution < -0.4 is 5.32 Å². The van der Waals surface area contributed by atoms with Gasteiger partial charge in [-0.05, 0) is 31.7 Å². The highest BCUT2D eigenvalue weighted by Crippen LogP contribution is 2.14. The molecule has 1 aromatic carbocycles. The minimum atomic E-state index is -0.351. The lowest BCUT2D eigenvalue weighted by Crippen LogP contribution is -2.60. The van der Waals surface area contributed by atoms with Crippen LogP contribution in [0.15, 0.2) is 30.3 Å². The number of carbonyl (C=O) groups excluding carboxylic acids is 2. The van der Waals surface area contributed by atoms with E-state index in [9.17, 15) is 9.59 Å². The third-order valence-electron chi connectivity index (χ3n) is 3.86. The average Bonchev–Trinajstić information content (AvgIpc) is 2.47. The summed E-state index contributed by atoms with van der Waals surface area (Å²) in [4.78, 5) is 25.6. The second kappa shape index (κ2) is 6.55. The molecular weight excluding hydrogens is 252 g/mol. The monoisotopic (exact) mass is 274 g/mol. The minimum absolute atomic E-state index is 0.0488. The highest BCUT2D eigenvalue weighted by molar-refractivity contribution is 5.94. The van der Waals surface area contributed by atoms with Crippen molar-refractivity contribution >= 4 is 11.8 Å². The second-order valence-corrected chi connectivity index (χ2v) is 5.37.